The number of hydrogen-bond donors (Lipinski definition) is 0. The van der Waals surface area contributed by atoms with Gasteiger partial charge in [0.05, 0.1) is 5.69 Å². The van der Waals surface area contributed by atoms with E-state index in [0.29, 0.717) is 5.41 Å². The lowest BCUT2D eigenvalue weighted by molar-refractivity contribution is 0.309. The van der Waals surface area contributed by atoms with E-state index in [1.54, 1.807) is 6.20 Å². The van der Waals surface area contributed by atoms with Crippen molar-refractivity contribution in [2.75, 3.05) is 0 Å². The summed E-state index contributed by atoms with van der Waals surface area (Å²) in [5, 5.41) is 0. The number of aryl methyl sites for hydroxylation is 1. The Hall–Kier alpha value is -1.38. The molecular formula is C12H15N3. The molecule has 15 heavy (non-hydrogen) atoms. The van der Waals surface area contributed by atoms with Crippen LogP contribution >= 0.6 is 0 Å². The minimum atomic E-state index is 0.402. The van der Waals surface area contributed by atoms with Crippen LogP contribution in [0.3, 0.4) is 0 Å². The third-order valence-corrected chi connectivity index (χ3v) is 3.27. The van der Waals surface area contributed by atoms with E-state index in [2.05, 4.69) is 34.4 Å². The molecule has 3 heteroatoms. The number of fused-ring (bicyclic) bond motifs is 3. The molecule has 3 nitrogen and oxygen atoms in total. The Morgan fingerprint density at radius 1 is 1.40 bits per heavy atom. The molecule has 78 valence electrons. The van der Waals surface area contributed by atoms with Gasteiger partial charge in [0, 0.05) is 18.1 Å². The predicted octanol–water partition coefficient (Wildman–Crippen LogP) is 2.24. The highest BCUT2D eigenvalue weighted by molar-refractivity contribution is 5.37. The van der Waals surface area contributed by atoms with Crippen molar-refractivity contribution in [2.45, 2.75) is 33.1 Å². The third-order valence-electron chi connectivity index (χ3n) is 3.27. The highest BCUT2D eigenvalue weighted by atomic mass is 15.1. The molecule has 0 aliphatic heterocycles. The lowest BCUT2D eigenvalue weighted by Gasteiger charge is -2.28. The maximum absolute atomic E-state index is 4.57. The van der Waals surface area contributed by atoms with Crippen molar-refractivity contribution in [3.63, 3.8) is 0 Å². The molecule has 0 saturated heterocycles. The van der Waals surface area contributed by atoms with E-state index in [4.69, 9.17) is 0 Å². The average molecular weight is 201 g/mol. The van der Waals surface area contributed by atoms with Crippen LogP contribution in [0.1, 0.15) is 31.7 Å². The molecule has 0 saturated carbocycles. The minimum Gasteiger partial charge on any atom is -0.288 e. The molecule has 0 spiro atoms. The van der Waals surface area contributed by atoms with E-state index < -0.39 is 0 Å². The van der Waals surface area contributed by atoms with Crippen LogP contribution in [-0.2, 0) is 12.8 Å². The smallest absolute Gasteiger partial charge is 0.234 e. The Balaban J connectivity index is 2.22. The van der Waals surface area contributed by atoms with E-state index in [9.17, 15) is 0 Å². The standard InChI is InChI=1S/C12H15N3/c1-12(2)5-4-9-10(8-12)15-7-3-6-13-11(15)14-9/h3,6-7H,4-5,8H2,1-2H3. The van der Waals surface area contributed by atoms with Gasteiger partial charge in [-0.2, -0.15) is 0 Å². The van der Waals surface area contributed by atoms with Gasteiger partial charge in [0.25, 0.3) is 0 Å². The molecule has 0 atom stereocenters. The van der Waals surface area contributed by atoms with Gasteiger partial charge >= 0.3 is 0 Å². The molecule has 2 aromatic heterocycles. The molecule has 0 N–H and O–H groups in total. The highest BCUT2D eigenvalue weighted by Gasteiger charge is 2.28. The van der Waals surface area contributed by atoms with Crippen molar-refractivity contribution in [1.29, 1.82) is 0 Å². The summed E-state index contributed by atoms with van der Waals surface area (Å²) in [7, 11) is 0. The number of imidazole rings is 1. The fourth-order valence-corrected chi connectivity index (χ4v) is 2.37. The van der Waals surface area contributed by atoms with Gasteiger partial charge in [0.1, 0.15) is 0 Å². The summed E-state index contributed by atoms with van der Waals surface area (Å²) < 4.78 is 2.14. The van der Waals surface area contributed by atoms with E-state index >= 15 is 0 Å². The zero-order valence-corrected chi connectivity index (χ0v) is 9.20. The van der Waals surface area contributed by atoms with Crippen molar-refractivity contribution in [2.24, 2.45) is 5.41 Å². The Bertz CT molecular complexity index is 511. The molecule has 2 heterocycles. The van der Waals surface area contributed by atoms with Crippen molar-refractivity contribution in [3.05, 3.63) is 29.8 Å². The Morgan fingerprint density at radius 2 is 2.27 bits per heavy atom. The average Bonchev–Trinajstić information content (AvgIpc) is 2.55. The molecule has 0 radical (unpaired) electrons. The zero-order valence-electron chi connectivity index (χ0n) is 9.20. The Kier molecular flexibility index (Phi) is 1.67. The molecule has 0 unspecified atom stereocenters. The van der Waals surface area contributed by atoms with Gasteiger partial charge in [-0.25, -0.2) is 9.97 Å². The van der Waals surface area contributed by atoms with Crippen LogP contribution in [0.15, 0.2) is 18.5 Å². The van der Waals surface area contributed by atoms with Gasteiger partial charge in [-0.15, -0.1) is 0 Å². The largest absolute Gasteiger partial charge is 0.288 e. The zero-order chi connectivity index (χ0) is 10.5. The highest BCUT2D eigenvalue weighted by Crippen LogP contribution is 2.34. The predicted molar refractivity (Wildman–Crippen MR) is 58.8 cm³/mol. The molecule has 0 amide bonds. The van der Waals surface area contributed by atoms with Crippen molar-refractivity contribution < 1.29 is 0 Å². The summed E-state index contributed by atoms with van der Waals surface area (Å²) in [4.78, 5) is 8.86. The van der Waals surface area contributed by atoms with Gasteiger partial charge in [0.2, 0.25) is 5.78 Å². The third kappa shape index (κ3) is 1.34. The molecule has 3 rings (SSSR count). The quantitative estimate of drug-likeness (QED) is 0.654. The maximum Gasteiger partial charge on any atom is 0.234 e. The van der Waals surface area contributed by atoms with E-state index in [0.717, 1.165) is 18.6 Å². The monoisotopic (exact) mass is 201 g/mol. The first-order chi connectivity index (χ1) is 7.16. The van der Waals surface area contributed by atoms with Gasteiger partial charge < -0.3 is 0 Å². The lowest BCUT2D eigenvalue weighted by Crippen LogP contribution is -2.22. The fraction of sp³-hybridized carbons (Fsp3) is 0.500. The Labute approximate surface area is 89.2 Å². The van der Waals surface area contributed by atoms with E-state index in [1.807, 2.05) is 6.07 Å². The fourth-order valence-electron chi connectivity index (χ4n) is 2.37. The lowest BCUT2D eigenvalue weighted by atomic mass is 9.78. The second-order valence-corrected chi connectivity index (χ2v) is 5.14. The Morgan fingerprint density at radius 3 is 3.13 bits per heavy atom. The van der Waals surface area contributed by atoms with Gasteiger partial charge in [-0.05, 0) is 30.7 Å². The summed E-state index contributed by atoms with van der Waals surface area (Å²) in [5.74, 6) is 0.847. The number of rotatable bonds is 0. The number of nitrogens with zero attached hydrogens (tertiary/aromatic N) is 3. The summed E-state index contributed by atoms with van der Waals surface area (Å²) in [6, 6.07) is 1.97. The molecular weight excluding hydrogens is 186 g/mol. The SMILES string of the molecule is CC1(C)CCc2nc3ncccn3c2C1. The first-order valence-electron chi connectivity index (χ1n) is 5.47. The number of aromatic nitrogens is 3. The van der Waals surface area contributed by atoms with E-state index in [-0.39, 0.29) is 0 Å². The molecule has 0 bridgehead atoms. The molecule has 0 fully saturated rings. The summed E-state index contributed by atoms with van der Waals surface area (Å²) in [5.41, 5.74) is 3.00. The van der Waals surface area contributed by atoms with Crippen LogP contribution < -0.4 is 0 Å². The van der Waals surface area contributed by atoms with Crippen molar-refractivity contribution >= 4 is 5.78 Å². The first-order valence-corrected chi connectivity index (χ1v) is 5.47. The molecule has 1 aliphatic carbocycles. The first kappa shape index (κ1) is 8.89. The topological polar surface area (TPSA) is 30.2 Å². The summed E-state index contributed by atoms with van der Waals surface area (Å²) >= 11 is 0. The van der Waals surface area contributed by atoms with Crippen LogP contribution in [0.2, 0.25) is 0 Å². The second-order valence-electron chi connectivity index (χ2n) is 5.14. The van der Waals surface area contributed by atoms with Crippen LogP contribution in [0.5, 0.6) is 0 Å². The van der Waals surface area contributed by atoms with E-state index in [1.165, 1.54) is 17.8 Å². The van der Waals surface area contributed by atoms with Crippen LogP contribution in [0.25, 0.3) is 5.78 Å². The van der Waals surface area contributed by atoms with Crippen LogP contribution in [-0.4, -0.2) is 14.4 Å². The molecule has 1 aliphatic rings. The molecule has 2 aromatic rings. The van der Waals surface area contributed by atoms with Gasteiger partial charge in [-0.1, -0.05) is 13.8 Å². The molecule has 0 aromatic carbocycles. The summed E-state index contributed by atoms with van der Waals surface area (Å²) in [6.45, 7) is 4.65. The maximum atomic E-state index is 4.57. The van der Waals surface area contributed by atoms with Crippen molar-refractivity contribution in [3.8, 4) is 0 Å². The summed E-state index contributed by atoms with van der Waals surface area (Å²) in [6.07, 6.45) is 7.29. The van der Waals surface area contributed by atoms with Gasteiger partial charge in [0.15, 0.2) is 0 Å². The minimum absolute atomic E-state index is 0.402. The van der Waals surface area contributed by atoms with Crippen molar-refractivity contribution in [1.82, 2.24) is 14.4 Å². The van der Waals surface area contributed by atoms with Crippen LogP contribution in [0, 0.1) is 5.41 Å². The second kappa shape index (κ2) is 2.81. The van der Waals surface area contributed by atoms with Crippen LogP contribution in [0.4, 0.5) is 0 Å². The normalized spacial score (nSPS) is 19.1. The number of hydrogen-bond acceptors (Lipinski definition) is 2. The van der Waals surface area contributed by atoms with Gasteiger partial charge in [-0.3, -0.25) is 4.40 Å².